The Kier molecular flexibility index (Phi) is 6.85. The lowest BCUT2D eigenvalue weighted by atomic mass is 9.94. The number of rotatable bonds is 7. The summed E-state index contributed by atoms with van der Waals surface area (Å²) in [6.45, 7) is 3.12. The number of halogens is 1. The van der Waals surface area contributed by atoms with Crippen LogP contribution in [0.5, 0.6) is 0 Å². The van der Waals surface area contributed by atoms with Crippen LogP contribution in [-0.2, 0) is 6.54 Å². The highest BCUT2D eigenvalue weighted by molar-refractivity contribution is 6.31. The van der Waals surface area contributed by atoms with E-state index in [0.29, 0.717) is 0 Å². The summed E-state index contributed by atoms with van der Waals surface area (Å²) >= 11 is 6.14. The van der Waals surface area contributed by atoms with Gasteiger partial charge < -0.3 is 10.2 Å². The van der Waals surface area contributed by atoms with E-state index in [9.17, 15) is 0 Å². The maximum Gasteiger partial charge on any atom is 0.0450 e. The van der Waals surface area contributed by atoms with Gasteiger partial charge in [0.15, 0.2) is 0 Å². The van der Waals surface area contributed by atoms with E-state index in [2.05, 4.69) is 23.3 Å². The van der Waals surface area contributed by atoms with Crippen molar-refractivity contribution in [2.24, 2.45) is 0 Å². The summed E-state index contributed by atoms with van der Waals surface area (Å²) in [6.07, 6.45) is 8.26. The lowest BCUT2D eigenvalue weighted by Gasteiger charge is -2.31. The SMILES string of the molecule is CN(CCCNCc1ccccc1Cl)C1CCCCC1. The first-order chi connectivity index (χ1) is 9.77. The molecule has 0 saturated heterocycles. The number of benzene rings is 1. The smallest absolute Gasteiger partial charge is 0.0450 e. The topological polar surface area (TPSA) is 15.3 Å². The van der Waals surface area contributed by atoms with Gasteiger partial charge in [-0.2, -0.15) is 0 Å². The quantitative estimate of drug-likeness (QED) is 0.762. The van der Waals surface area contributed by atoms with Crippen molar-refractivity contribution in [3.8, 4) is 0 Å². The van der Waals surface area contributed by atoms with Gasteiger partial charge in [-0.3, -0.25) is 0 Å². The van der Waals surface area contributed by atoms with Crippen molar-refractivity contribution in [2.45, 2.75) is 51.1 Å². The minimum absolute atomic E-state index is 0.826. The second-order valence-corrected chi connectivity index (χ2v) is 6.30. The number of hydrogen-bond donors (Lipinski definition) is 1. The van der Waals surface area contributed by atoms with Crippen LogP contribution >= 0.6 is 11.6 Å². The Labute approximate surface area is 128 Å². The Bertz CT molecular complexity index is 388. The van der Waals surface area contributed by atoms with Crippen molar-refractivity contribution in [2.75, 3.05) is 20.1 Å². The largest absolute Gasteiger partial charge is 0.313 e. The van der Waals surface area contributed by atoms with E-state index < -0.39 is 0 Å². The molecule has 1 N–H and O–H groups in total. The molecule has 0 aliphatic heterocycles. The van der Waals surface area contributed by atoms with Gasteiger partial charge in [0.25, 0.3) is 0 Å². The Morgan fingerprint density at radius 1 is 1.20 bits per heavy atom. The molecule has 2 rings (SSSR count). The Hall–Kier alpha value is -0.570. The monoisotopic (exact) mass is 294 g/mol. The molecule has 1 fully saturated rings. The lowest BCUT2D eigenvalue weighted by molar-refractivity contribution is 0.189. The van der Waals surface area contributed by atoms with Crippen molar-refractivity contribution in [3.63, 3.8) is 0 Å². The van der Waals surface area contributed by atoms with Gasteiger partial charge in [-0.1, -0.05) is 49.1 Å². The first-order valence-electron chi connectivity index (χ1n) is 7.92. The predicted octanol–water partition coefficient (Wildman–Crippen LogP) is 4.08. The maximum atomic E-state index is 6.14. The zero-order valence-corrected chi connectivity index (χ0v) is 13.3. The molecule has 0 heterocycles. The molecule has 0 spiro atoms. The van der Waals surface area contributed by atoms with Gasteiger partial charge >= 0.3 is 0 Å². The fourth-order valence-electron chi connectivity index (χ4n) is 3.02. The highest BCUT2D eigenvalue weighted by atomic mass is 35.5. The zero-order chi connectivity index (χ0) is 14.2. The van der Waals surface area contributed by atoms with Gasteiger partial charge in [0.2, 0.25) is 0 Å². The molecule has 0 atom stereocenters. The van der Waals surface area contributed by atoms with E-state index in [0.717, 1.165) is 24.2 Å². The molecular weight excluding hydrogens is 268 g/mol. The average Bonchev–Trinajstić information content (AvgIpc) is 2.49. The summed E-state index contributed by atoms with van der Waals surface area (Å²) < 4.78 is 0. The standard InChI is InChI=1S/C17H27ClN2/c1-20(16-9-3-2-4-10-16)13-7-12-19-14-15-8-5-6-11-17(15)18/h5-6,8,11,16,19H,2-4,7,9-10,12-14H2,1H3. The van der Waals surface area contributed by atoms with E-state index >= 15 is 0 Å². The third kappa shape index (κ3) is 5.08. The highest BCUT2D eigenvalue weighted by Gasteiger charge is 2.16. The second-order valence-electron chi connectivity index (χ2n) is 5.89. The molecule has 1 aromatic rings. The van der Waals surface area contributed by atoms with Gasteiger partial charge in [-0.25, -0.2) is 0 Å². The summed E-state index contributed by atoms with van der Waals surface area (Å²) in [6, 6.07) is 8.89. The number of nitrogens with one attached hydrogen (secondary N) is 1. The van der Waals surface area contributed by atoms with Crippen molar-refractivity contribution in [1.82, 2.24) is 10.2 Å². The Morgan fingerprint density at radius 2 is 1.95 bits per heavy atom. The van der Waals surface area contributed by atoms with Crippen LogP contribution in [0.4, 0.5) is 0 Å². The van der Waals surface area contributed by atoms with Crippen LogP contribution in [0.3, 0.4) is 0 Å². The van der Waals surface area contributed by atoms with Crippen molar-refractivity contribution in [3.05, 3.63) is 34.9 Å². The average molecular weight is 295 g/mol. The van der Waals surface area contributed by atoms with E-state index in [1.54, 1.807) is 0 Å². The predicted molar refractivity (Wildman–Crippen MR) is 87.3 cm³/mol. The summed E-state index contributed by atoms with van der Waals surface area (Å²) in [5, 5.41) is 4.35. The van der Waals surface area contributed by atoms with Crippen LogP contribution in [0.15, 0.2) is 24.3 Å². The van der Waals surface area contributed by atoms with Crippen LogP contribution in [-0.4, -0.2) is 31.1 Å². The summed E-state index contributed by atoms with van der Waals surface area (Å²) in [7, 11) is 2.28. The molecule has 3 heteroatoms. The fourth-order valence-corrected chi connectivity index (χ4v) is 3.23. The summed E-state index contributed by atoms with van der Waals surface area (Å²) in [5.74, 6) is 0. The van der Waals surface area contributed by atoms with Crippen molar-refractivity contribution >= 4 is 11.6 Å². The fraction of sp³-hybridized carbons (Fsp3) is 0.647. The van der Waals surface area contributed by atoms with Crippen LogP contribution < -0.4 is 5.32 Å². The van der Waals surface area contributed by atoms with Crippen LogP contribution in [0, 0.1) is 0 Å². The highest BCUT2D eigenvalue weighted by Crippen LogP contribution is 2.21. The first kappa shape index (κ1) is 15.8. The molecule has 1 aromatic carbocycles. The summed E-state index contributed by atoms with van der Waals surface area (Å²) in [4.78, 5) is 2.55. The third-order valence-electron chi connectivity index (χ3n) is 4.34. The van der Waals surface area contributed by atoms with E-state index in [4.69, 9.17) is 11.6 Å². The third-order valence-corrected chi connectivity index (χ3v) is 4.70. The molecule has 1 saturated carbocycles. The van der Waals surface area contributed by atoms with Gasteiger partial charge in [-0.05, 0) is 51.0 Å². The first-order valence-corrected chi connectivity index (χ1v) is 8.29. The summed E-state index contributed by atoms with van der Waals surface area (Å²) in [5.41, 5.74) is 1.19. The van der Waals surface area contributed by atoms with Gasteiger partial charge in [-0.15, -0.1) is 0 Å². The molecule has 0 radical (unpaired) electrons. The molecule has 20 heavy (non-hydrogen) atoms. The van der Waals surface area contributed by atoms with Gasteiger partial charge in [0, 0.05) is 17.6 Å². The van der Waals surface area contributed by atoms with Crippen molar-refractivity contribution in [1.29, 1.82) is 0 Å². The van der Waals surface area contributed by atoms with Crippen LogP contribution in [0.1, 0.15) is 44.1 Å². The molecule has 0 unspecified atom stereocenters. The molecule has 1 aliphatic rings. The molecule has 0 amide bonds. The van der Waals surface area contributed by atoms with E-state index in [1.807, 2.05) is 18.2 Å². The minimum atomic E-state index is 0.826. The lowest BCUT2D eigenvalue weighted by Crippen LogP contribution is -2.35. The Balaban J connectivity index is 1.58. The van der Waals surface area contributed by atoms with Crippen LogP contribution in [0.25, 0.3) is 0 Å². The van der Waals surface area contributed by atoms with Gasteiger partial charge in [0.1, 0.15) is 0 Å². The zero-order valence-electron chi connectivity index (χ0n) is 12.6. The van der Waals surface area contributed by atoms with E-state index in [1.165, 1.54) is 50.6 Å². The van der Waals surface area contributed by atoms with Gasteiger partial charge in [0.05, 0.1) is 0 Å². The molecular formula is C17H27ClN2. The van der Waals surface area contributed by atoms with Crippen LogP contribution in [0.2, 0.25) is 5.02 Å². The molecule has 0 bridgehead atoms. The normalized spacial score (nSPS) is 16.8. The number of nitrogens with zero attached hydrogens (tertiary/aromatic N) is 1. The molecule has 0 aromatic heterocycles. The molecule has 1 aliphatic carbocycles. The number of hydrogen-bond acceptors (Lipinski definition) is 2. The maximum absolute atomic E-state index is 6.14. The minimum Gasteiger partial charge on any atom is -0.313 e. The second kappa shape index (κ2) is 8.66. The molecule has 2 nitrogen and oxygen atoms in total. The molecule has 112 valence electrons. The van der Waals surface area contributed by atoms with Crippen molar-refractivity contribution < 1.29 is 0 Å². The Morgan fingerprint density at radius 3 is 2.70 bits per heavy atom. The van der Waals surface area contributed by atoms with E-state index in [-0.39, 0.29) is 0 Å².